The number of hydrogen-bond acceptors (Lipinski definition) is 2. The Bertz CT molecular complexity index is 81.0. The van der Waals surface area contributed by atoms with E-state index in [1.165, 1.54) is 0 Å². The lowest BCUT2D eigenvalue weighted by atomic mass is 9.98. The molecule has 0 saturated heterocycles. The first kappa shape index (κ1) is 8.60. The average molecular weight is 128 g/mol. The van der Waals surface area contributed by atoms with Gasteiger partial charge in [0, 0.05) is 0 Å². The molecule has 2 atom stereocenters. The minimum Gasteiger partial charge on any atom is -0.210 e. The summed E-state index contributed by atoms with van der Waals surface area (Å²) in [7, 11) is 0. The van der Waals surface area contributed by atoms with Gasteiger partial charge >= 0.3 is 0 Å². The highest BCUT2D eigenvalue weighted by Crippen LogP contribution is 2.13. The SMILES string of the molecule is CCC(C)C(CC)N=N. The Morgan fingerprint density at radius 2 is 1.89 bits per heavy atom. The summed E-state index contributed by atoms with van der Waals surface area (Å²) in [4.78, 5) is 0. The van der Waals surface area contributed by atoms with E-state index in [-0.39, 0.29) is 6.04 Å². The lowest BCUT2D eigenvalue weighted by molar-refractivity contribution is 0.415. The molecule has 0 aromatic carbocycles. The van der Waals surface area contributed by atoms with Gasteiger partial charge in [0.2, 0.25) is 0 Å². The van der Waals surface area contributed by atoms with Crippen LogP contribution in [0.3, 0.4) is 0 Å². The van der Waals surface area contributed by atoms with E-state index >= 15 is 0 Å². The summed E-state index contributed by atoms with van der Waals surface area (Å²) in [5, 5.41) is 3.53. The molecule has 54 valence electrons. The van der Waals surface area contributed by atoms with Crippen molar-refractivity contribution < 1.29 is 0 Å². The Morgan fingerprint density at radius 3 is 2.00 bits per heavy atom. The van der Waals surface area contributed by atoms with Crippen molar-refractivity contribution >= 4 is 0 Å². The van der Waals surface area contributed by atoms with Crippen LogP contribution < -0.4 is 0 Å². The van der Waals surface area contributed by atoms with Crippen LogP contribution >= 0.6 is 0 Å². The van der Waals surface area contributed by atoms with Crippen LogP contribution in [-0.4, -0.2) is 6.04 Å². The molecule has 9 heavy (non-hydrogen) atoms. The molecule has 0 bridgehead atoms. The van der Waals surface area contributed by atoms with Gasteiger partial charge in [-0.25, -0.2) is 5.53 Å². The van der Waals surface area contributed by atoms with Crippen LogP contribution in [0, 0.1) is 11.4 Å². The molecule has 0 radical (unpaired) electrons. The fourth-order valence-corrected chi connectivity index (χ4v) is 0.893. The number of hydrogen-bond donors (Lipinski definition) is 1. The first-order chi connectivity index (χ1) is 4.26. The Hall–Kier alpha value is -0.400. The van der Waals surface area contributed by atoms with E-state index in [0.717, 1.165) is 12.8 Å². The summed E-state index contributed by atoms with van der Waals surface area (Å²) in [6.45, 7) is 6.36. The van der Waals surface area contributed by atoms with Crippen LogP contribution in [0.5, 0.6) is 0 Å². The number of nitrogens with zero attached hydrogens (tertiary/aromatic N) is 1. The van der Waals surface area contributed by atoms with E-state index < -0.39 is 0 Å². The first-order valence-corrected chi connectivity index (χ1v) is 3.62. The van der Waals surface area contributed by atoms with Gasteiger partial charge in [0.15, 0.2) is 0 Å². The summed E-state index contributed by atoms with van der Waals surface area (Å²) in [5.41, 5.74) is 6.82. The Morgan fingerprint density at radius 1 is 1.33 bits per heavy atom. The molecule has 0 amide bonds. The van der Waals surface area contributed by atoms with E-state index in [9.17, 15) is 0 Å². The van der Waals surface area contributed by atoms with Gasteiger partial charge in [-0.2, -0.15) is 5.11 Å². The molecule has 0 aliphatic carbocycles. The highest BCUT2D eigenvalue weighted by Gasteiger charge is 2.10. The van der Waals surface area contributed by atoms with Crippen molar-refractivity contribution in [1.29, 1.82) is 5.53 Å². The predicted octanol–water partition coefficient (Wildman–Crippen LogP) is 2.84. The van der Waals surface area contributed by atoms with Crippen molar-refractivity contribution in [3.05, 3.63) is 0 Å². The molecule has 0 rings (SSSR count). The maximum atomic E-state index is 6.82. The molecular formula is C7H16N2. The summed E-state index contributed by atoms with van der Waals surface area (Å²) < 4.78 is 0. The smallest absolute Gasteiger partial charge is 0.0728 e. The molecule has 0 aliphatic heterocycles. The Balaban J connectivity index is 3.63. The molecule has 2 nitrogen and oxygen atoms in total. The van der Waals surface area contributed by atoms with Crippen molar-refractivity contribution in [2.24, 2.45) is 11.0 Å². The maximum Gasteiger partial charge on any atom is 0.0728 e. The lowest BCUT2D eigenvalue weighted by Gasteiger charge is -2.13. The van der Waals surface area contributed by atoms with Gasteiger partial charge in [-0.05, 0) is 12.3 Å². The zero-order valence-corrected chi connectivity index (χ0v) is 6.52. The van der Waals surface area contributed by atoms with Crippen LogP contribution in [0.4, 0.5) is 0 Å². The maximum absolute atomic E-state index is 6.82. The number of rotatable bonds is 4. The summed E-state index contributed by atoms with van der Waals surface area (Å²) in [6, 6.07) is 0.259. The molecule has 0 aromatic rings. The van der Waals surface area contributed by atoms with Crippen molar-refractivity contribution in [2.75, 3.05) is 0 Å². The van der Waals surface area contributed by atoms with Crippen LogP contribution in [0.1, 0.15) is 33.6 Å². The average Bonchev–Trinajstić information content (AvgIpc) is 1.90. The van der Waals surface area contributed by atoms with Gasteiger partial charge in [-0.3, -0.25) is 0 Å². The fourth-order valence-electron chi connectivity index (χ4n) is 0.893. The van der Waals surface area contributed by atoms with Crippen LogP contribution in [0.25, 0.3) is 0 Å². The molecule has 0 heterocycles. The monoisotopic (exact) mass is 128 g/mol. The Labute approximate surface area is 57.2 Å². The molecule has 0 aromatic heterocycles. The summed E-state index contributed by atoms with van der Waals surface area (Å²) in [5.74, 6) is 0.576. The normalized spacial score (nSPS) is 16.8. The Kier molecular flexibility index (Phi) is 4.28. The fraction of sp³-hybridized carbons (Fsp3) is 1.00. The predicted molar refractivity (Wildman–Crippen MR) is 38.7 cm³/mol. The third-order valence-electron chi connectivity index (χ3n) is 1.88. The minimum absolute atomic E-state index is 0.259. The van der Waals surface area contributed by atoms with Gasteiger partial charge in [-0.1, -0.05) is 27.2 Å². The zero-order valence-electron chi connectivity index (χ0n) is 6.52. The van der Waals surface area contributed by atoms with Crippen molar-refractivity contribution in [2.45, 2.75) is 39.7 Å². The molecule has 2 heteroatoms. The van der Waals surface area contributed by atoms with Gasteiger partial charge in [0.1, 0.15) is 0 Å². The first-order valence-electron chi connectivity index (χ1n) is 3.62. The molecule has 0 spiro atoms. The van der Waals surface area contributed by atoms with E-state index in [2.05, 4.69) is 25.9 Å². The van der Waals surface area contributed by atoms with E-state index in [0.29, 0.717) is 5.92 Å². The number of nitrogens with one attached hydrogen (secondary N) is 1. The van der Waals surface area contributed by atoms with E-state index in [4.69, 9.17) is 5.53 Å². The molecule has 1 N–H and O–H groups in total. The third kappa shape index (κ3) is 2.59. The summed E-state index contributed by atoms with van der Waals surface area (Å²) >= 11 is 0. The summed E-state index contributed by atoms with van der Waals surface area (Å²) in [6.07, 6.45) is 2.12. The van der Waals surface area contributed by atoms with Crippen molar-refractivity contribution in [1.82, 2.24) is 0 Å². The zero-order chi connectivity index (χ0) is 7.28. The minimum atomic E-state index is 0.259. The molecule has 0 fully saturated rings. The van der Waals surface area contributed by atoms with Crippen LogP contribution in [0.2, 0.25) is 0 Å². The van der Waals surface area contributed by atoms with Gasteiger partial charge in [0.25, 0.3) is 0 Å². The topological polar surface area (TPSA) is 36.2 Å². The lowest BCUT2D eigenvalue weighted by Crippen LogP contribution is -2.12. The van der Waals surface area contributed by atoms with E-state index in [1.807, 2.05) is 0 Å². The third-order valence-corrected chi connectivity index (χ3v) is 1.88. The molecule has 0 saturated carbocycles. The highest BCUT2D eigenvalue weighted by atomic mass is 15.0. The van der Waals surface area contributed by atoms with Gasteiger partial charge in [-0.15, -0.1) is 0 Å². The largest absolute Gasteiger partial charge is 0.210 e. The van der Waals surface area contributed by atoms with Crippen molar-refractivity contribution in [3.8, 4) is 0 Å². The van der Waals surface area contributed by atoms with Crippen molar-refractivity contribution in [3.63, 3.8) is 0 Å². The van der Waals surface area contributed by atoms with E-state index in [1.54, 1.807) is 0 Å². The second-order valence-electron chi connectivity index (χ2n) is 2.49. The molecular weight excluding hydrogens is 112 g/mol. The molecule has 2 unspecified atom stereocenters. The second-order valence-corrected chi connectivity index (χ2v) is 2.49. The van der Waals surface area contributed by atoms with Gasteiger partial charge in [0.05, 0.1) is 6.04 Å². The highest BCUT2D eigenvalue weighted by molar-refractivity contribution is 4.66. The standard InChI is InChI=1S/C7H16N2/c1-4-6(3)7(5-2)9-8/h6-8H,4-5H2,1-3H3. The molecule has 0 aliphatic rings. The second kappa shape index (κ2) is 4.48. The van der Waals surface area contributed by atoms with Gasteiger partial charge < -0.3 is 0 Å². The van der Waals surface area contributed by atoms with Crippen LogP contribution in [-0.2, 0) is 0 Å². The quantitative estimate of drug-likeness (QED) is 0.565. The van der Waals surface area contributed by atoms with Crippen LogP contribution in [0.15, 0.2) is 5.11 Å².